The van der Waals surface area contributed by atoms with Crippen LogP contribution in [-0.2, 0) is 29.0 Å². The number of ether oxygens (including phenoxy) is 1. The fourth-order valence-corrected chi connectivity index (χ4v) is 6.92. The highest BCUT2D eigenvalue weighted by Crippen LogP contribution is 2.62. The van der Waals surface area contributed by atoms with Crippen molar-refractivity contribution in [2.45, 2.75) is 71.9 Å². The molecule has 1 aromatic carbocycles. The smallest absolute Gasteiger partial charge is 0.311 e. The van der Waals surface area contributed by atoms with Gasteiger partial charge in [-0.25, -0.2) is 0 Å². The van der Waals surface area contributed by atoms with E-state index < -0.39 is 0 Å². The van der Waals surface area contributed by atoms with Gasteiger partial charge in [-0.2, -0.15) is 0 Å². The minimum absolute atomic E-state index is 0.0358. The molecule has 33 heavy (non-hydrogen) atoms. The first kappa shape index (κ1) is 23.8. The first-order chi connectivity index (χ1) is 15.9. The van der Waals surface area contributed by atoms with Gasteiger partial charge in [0.25, 0.3) is 0 Å². The highest BCUT2D eigenvalue weighted by atomic mass is 16.5. The maximum Gasteiger partial charge on any atom is 0.311 e. The largest absolute Gasteiger partial charge is 0.469 e. The fourth-order valence-electron chi connectivity index (χ4n) is 6.92. The lowest BCUT2D eigenvalue weighted by Crippen LogP contribution is -2.53. The summed E-state index contributed by atoms with van der Waals surface area (Å²) in [5, 5.41) is 3.51. The van der Waals surface area contributed by atoms with E-state index in [1.165, 1.54) is 23.8 Å². The summed E-state index contributed by atoms with van der Waals surface area (Å²) in [5.74, 6) is 1.75. The minimum Gasteiger partial charge on any atom is -0.469 e. The molecular weight excluding hydrogens is 410 g/mol. The maximum absolute atomic E-state index is 12.8. The number of hydrogen-bond acceptors (Lipinski definition) is 4. The van der Waals surface area contributed by atoms with Crippen LogP contribution >= 0.6 is 0 Å². The molecule has 4 unspecified atom stereocenters. The van der Waals surface area contributed by atoms with Gasteiger partial charge in [0.05, 0.1) is 25.3 Å². The van der Waals surface area contributed by atoms with Crippen LogP contribution in [0.4, 0.5) is 0 Å². The van der Waals surface area contributed by atoms with Gasteiger partial charge in [-0.05, 0) is 79.9 Å². The molecule has 2 aliphatic carbocycles. The summed E-state index contributed by atoms with van der Waals surface area (Å²) in [6.07, 6.45) is 9.04. The number of benzene rings is 1. The molecule has 178 valence electrons. The van der Waals surface area contributed by atoms with Crippen molar-refractivity contribution in [2.75, 3.05) is 7.11 Å². The van der Waals surface area contributed by atoms with E-state index in [0.717, 1.165) is 63.8 Å². The molecule has 2 aromatic rings. The second-order valence-corrected chi connectivity index (χ2v) is 10.6. The van der Waals surface area contributed by atoms with Gasteiger partial charge in [0.2, 0.25) is 0 Å². The van der Waals surface area contributed by atoms with Gasteiger partial charge >= 0.3 is 5.97 Å². The van der Waals surface area contributed by atoms with Crippen LogP contribution in [-0.4, -0.2) is 13.1 Å². The first-order valence-corrected chi connectivity index (χ1v) is 12.4. The number of rotatable bonds is 8. The molecule has 1 heterocycles. The third kappa shape index (κ3) is 4.68. The van der Waals surface area contributed by atoms with E-state index >= 15 is 0 Å². The van der Waals surface area contributed by atoms with Crippen LogP contribution in [0.3, 0.4) is 0 Å². The van der Waals surface area contributed by atoms with Crippen molar-refractivity contribution in [1.82, 2.24) is 5.32 Å². The lowest BCUT2D eigenvalue weighted by atomic mass is 9.46. The van der Waals surface area contributed by atoms with Crippen LogP contribution in [0, 0.1) is 22.7 Å². The number of nitrogens with one attached hydrogen (secondary N) is 1. The Hall–Kier alpha value is -2.33. The molecule has 0 aliphatic heterocycles. The van der Waals surface area contributed by atoms with Gasteiger partial charge in [0, 0.05) is 6.54 Å². The third-order valence-electron chi connectivity index (χ3n) is 8.67. The predicted molar refractivity (Wildman–Crippen MR) is 131 cm³/mol. The lowest BCUT2D eigenvalue weighted by Gasteiger charge is -2.57. The molecular formula is C29H39NO3. The molecule has 2 aliphatic rings. The molecule has 1 aromatic heterocycles. The van der Waals surface area contributed by atoms with Crippen LogP contribution in [0.2, 0.25) is 0 Å². The molecule has 4 nitrogen and oxygen atoms in total. The maximum atomic E-state index is 12.8. The quantitative estimate of drug-likeness (QED) is 0.371. The zero-order valence-corrected chi connectivity index (χ0v) is 20.5. The molecule has 2 fully saturated rings. The Bertz CT molecular complexity index is 964. The topological polar surface area (TPSA) is 51.5 Å². The molecule has 4 heteroatoms. The molecule has 0 bridgehead atoms. The number of carbonyl (C=O) groups is 1. The van der Waals surface area contributed by atoms with E-state index in [1.54, 1.807) is 0 Å². The normalized spacial score (nSPS) is 29.5. The number of hydrogen-bond donors (Lipinski definition) is 1. The Morgan fingerprint density at radius 2 is 1.97 bits per heavy atom. The van der Waals surface area contributed by atoms with Gasteiger partial charge < -0.3 is 14.5 Å². The SMILES string of the molecule is C=C1CCC2C(C)(C(=O)OC)CCCC2(C)C1CCc1ccoc1CNCc1ccccc1. The van der Waals surface area contributed by atoms with Gasteiger partial charge in [0.15, 0.2) is 0 Å². The highest BCUT2D eigenvalue weighted by molar-refractivity contribution is 5.77. The fraction of sp³-hybridized carbons (Fsp3) is 0.552. The van der Waals surface area contributed by atoms with Crippen molar-refractivity contribution in [3.05, 3.63) is 71.7 Å². The van der Waals surface area contributed by atoms with Gasteiger partial charge in [0.1, 0.15) is 5.76 Å². The molecule has 1 N–H and O–H groups in total. The zero-order chi connectivity index (χ0) is 23.5. The lowest BCUT2D eigenvalue weighted by molar-refractivity contribution is -0.168. The average Bonchev–Trinajstić information content (AvgIpc) is 3.25. The van der Waals surface area contributed by atoms with E-state index in [-0.39, 0.29) is 16.8 Å². The van der Waals surface area contributed by atoms with Gasteiger partial charge in [-0.1, -0.05) is 55.8 Å². The standard InChI is InChI=1S/C29H39NO3/c1-21-11-14-26-28(2,16-8-17-29(26,3)27(31)32-4)24(21)13-12-23-15-18-33-25(23)20-30-19-22-9-6-5-7-10-22/h5-7,9-10,15,18,24,26,30H,1,8,11-14,16-17,19-20H2,2-4H3. The second-order valence-electron chi connectivity index (χ2n) is 10.6. The molecule has 4 atom stereocenters. The molecule has 0 radical (unpaired) electrons. The van der Waals surface area contributed by atoms with Crippen LogP contribution in [0.15, 0.2) is 59.2 Å². The molecule has 0 saturated heterocycles. The van der Waals surface area contributed by atoms with Crippen LogP contribution < -0.4 is 5.32 Å². The molecule has 4 rings (SSSR count). The Morgan fingerprint density at radius 1 is 1.18 bits per heavy atom. The van der Waals surface area contributed by atoms with Crippen molar-refractivity contribution < 1.29 is 13.9 Å². The third-order valence-corrected chi connectivity index (χ3v) is 8.67. The number of fused-ring (bicyclic) bond motifs is 1. The summed E-state index contributed by atoms with van der Waals surface area (Å²) >= 11 is 0. The number of carbonyl (C=O) groups excluding carboxylic acids is 1. The summed E-state index contributed by atoms with van der Waals surface area (Å²) in [4.78, 5) is 12.8. The summed E-state index contributed by atoms with van der Waals surface area (Å²) in [6.45, 7) is 10.6. The van der Waals surface area contributed by atoms with Crippen LogP contribution in [0.25, 0.3) is 0 Å². The molecule has 0 amide bonds. The highest BCUT2D eigenvalue weighted by Gasteiger charge is 2.57. The number of allylic oxidation sites excluding steroid dienone is 1. The summed E-state index contributed by atoms with van der Waals surface area (Å²) in [6, 6.07) is 12.6. The Morgan fingerprint density at radius 3 is 2.73 bits per heavy atom. The number of aryl methyl sites for hydroxylation is 1. The van der Waals surface area contributed by atoms with Crippen molar-refractivity contribution in [1.29, 1.82) is 0 Å². The van der Waals surface area contributed by atoms with E-state index in [0.29, 0.717) is 11.8 Å². The van der Waals surface area contributed by atoms with Crippen LogP contribution in [0.5, 0.6) is 0 Å². The molecule has 2 saturated carbocycles. The Balaban J connectivity index is 1.43. The number of esters is 1. The summed E-state index contributed by atoms with van der Waals surface area (Å²) in [5.41, 5.74) is 3.61. The van der Waals surface area contributed by atoms with Gasteiger partial charge in [-0.15, -0.1) is 0 Å². The molecule has 0 spiro atoms. The van der Waals surface area contributed by atoms with E-state index in [1.807, 2.05) is 12.3 Å². The van der Waals surface area contributed by atoms with Crippen molar-refractivity contribution >= 4 is 5.97 Å². The van der Waals surface area contributed by atoms with Gasteiger partial charge in [-0.3, -0.25) is 4.79 Å². The van der Waals surface area contributed by atoms with Crippen molar-refractivity contribution in [3.63, 3.8) is 0 Å². The van der Waals surface area contributed by atoms with E-state index in [4.69, 9.17) is 9.15 Å². The zero-order valence-electron chi connectivity index (χ0n) is 20.5. The van der Waals surface area contributed by atoms with Crippen molar-refractivity contribution in [2.24, 2.45) is 22.7 Å². The first-order valence-electron chi connectivity index (χ1n) is 12.4. The number of furan rings is 1. The van der Waals surface area contributed by atoms with E-state index in [2.05, 4.69) is 56.1 Å². The Kier molecular flexibility index (Phi) is 7.13. The predicted octanol–water partition coefficient (Wildman–Crippen LogP) is 6.45. The summed E-state index contributed by atoms with van der Waals surface area (Å²) < 4.78 is 11.1. The van der Waals surface area contributed by atoms with Crippen molar-refractivity contribution in [3.8, 4) is 0 Å². The second kappa shape index (κ2) is 9.89. The minimum atomic E-state index is -0.386. The summed E-state index contributed by atoms with van der Waals surface area (Å²) in [7, 11) is 1.53. The van der Waals surface area contributed by atoms with Crippen LogP contribution in [0.1, 0.15) is 69.3 Å². The van der Waals surface area contributed by atoms with E-state index in [9.17, 15) is 4.79 Å². The number of methoxy groups -OCH3 is 1. The monoisotopic (exact) mass is 449 g/mol. The Labute approximate surface area is 198 Å². The average molecular weight is 450 g/mol.